The number of aryl methyl sites for hydroxylation is 1. The second-order valence-corrected chi connectivity index (χ2v) is 7.88. The fraction of sp³-hybridized carbons (Fsp3) is 0.643. The molecular formula is C14H22N2O3S. The molecule has 5 nitrogen and oxygen atoms in total. The molecule has 0 saturated heterocycles. The maximum atomic E-state index is 12.2. The summed E-state index contributed by atoms with van der Waals surface area (Å²) < 4.78 is 25.9. The van der Waals surface area contributed by atoms with Crippen LogP contribution in [0, 0.1) is 0 Å². The summed E-state index contributed by atoms with van der Waals surface area (Å²) in [6, 6.07) is 2.96. The zero-order valence-corrected chi connectivity index (χ0v) is 12.4. The van der Waals surface area contributed by atoms with Crippen molar-refractivity contribution < 1.29 is 8.42 Å². The molecule has 1 aromatic rings. The Morgan fingerprint density at radius 1 is 1.20 bits per heavy atom. The first-order valence-corrected chi connectivity index (χ1v) is 8.88. The van der Waals surface area contributed by atoms with Gasteiger partial charge in [0.1, 0.15) is 0 Å². The second kappa shape index (κ2) is 6.43. The van der Waals surface area contributed by atoms with Crippen molar-refractivity contribution in [1.29, 1.82) is 0 Å². The van der Waals surface area contributed by atoms with Crippen LogP contribution in [0.5, 0.6) is 0 Å². The molecule has 1 heterocycles. The van der Waals surface area contributed by atoms with Crippen molar-refractivity contribution in [3.05, 3.63) is 28.7 Å². The van der Waals surface area contributed by atoms with Gasteiger partial charge in [0.05, 0.1) is 11.0 Å². The van der Waals surface area contributed by atoms with Gasteiger partial charge in [0.25, 0.3) is 5.56 Å². The Morgan fingerprint density at radius 3 is 2.60 bits per heavy atom. The van der Waals surface area contributed by atoms with E-state index in [0.717, 1.165) is 32.1 Å². The predicted molar refractivity (Wildman–Crippen MR) is 80.4 cm³/mol. The number of rotatable bonds is 5. The molecule has 2 N–H and O–H groups in total. The van der Waals surface area contributed by atoms with Gasteiger partial charge in [-0.1, -0.05) is 19.3 Å². The SMILES string of the molecule is Nc1ccc(=O)n(CCCS(=O)(=O)C2CCCCC2)c1. The van der Waals surface area contributed by atoms with Gasteiger partial charge in [0, 0.05) is 24.5 Å². The van der Waals surface area contributed by atoms with Crippen molar-refractivity contribution in [3.63, 3.8) is 0 Å². The van der Waals surface area contributed by atoms with Crippen molar-refractivity contribution >= 4 is 15.5 Å². The standard InChI is InChI=1S/C14H22N2O3S/c15-12-7-8-14(17)16(11-12)9-4-10-20(18,19)13-5-2-1-3-6-13/h7-8,11,13H,1-6,9-10,15H2. The van der Waals surface area contributed by atoms with Crippen LogP contribution in [-0.4, -0.2) is 24.0 Å². The van der Waals surface area contributed by atoms with Gasteiger partial charge in [0.2, 0.25) is 0 Å². The molecule has 1 saturated carbocycles. The highest BCUT2D eigenvalue weighted by atomic mass is 32.2. The van der Waals surface area contributed by atoms with Gasteiger partial charge < -0.3 is 10.3 Å². The smallest absolute Gasteiger partial charge is 0.250 e. The molecule has 0 bridgehead atoms. The number of hydrogen-bond acceptors (Lipinski definition) is 4. The number of anilines is 1. The van der Waals surface area contributed by atoms with Gasteiger partial charge in [-0.2, -0.15) is 0 Å². The molecule has 6 heteroatoms. The molecule has 1 aromatic heterocycles. The Morgan fingerprint density at radius 2 is 1.90 bits per heavy atom. The zero-order chi connectivity index (χ0) is 14.6. The second-order valence-electron chi connectivity index (χ2n) is 5.47. The molecule has 0 spiro atoms. The normalized spacial score (nSPS) is 17.2. The van der Waals surface area contributed by atoms with Crippen LogP contribution in [0.15, 0.2) is 23.1 Å². The summed E-state index contributed by atoms with van der Waals surface area (Å²) >= 11 is 0. The predicted octanol–water partition coefficient (Wildman–Crippen LogP) is 1.57. The summed E-state index contributed by atoms with van der Waals surface area (Å²) in [5.74, 6) is 0.152. The number of nitrogens with two attached hydrogens (primary N) is 1. The molecule has 0 unspecified atom stereocenters. The maximum absolute atomic E-state index is 12.2. The first kappa shape index (κ1) is 15.1. The van der Waals surface area contributed by atoms with E-state index in [2.05, 4.69) is 0 Å². The van der Waals surface area contributed by atoms with Crippen LogP contribution in [-0.2, 0) is 16.4 Å². The number of pyridine rings is 1. The van der Waals surface area contributed by atoms with Crippen LogP contribution in [0.4, 0.5) is 5.69 Å². The van der Waals surface area contributed by atoms with E-state index < -0.39 is 9.84 Å². The molecule has 0 aromatic carbocycles. The summed E-state index contributed by atoms with van der Waals surface area (Å²) in [5.41, 5.74) is 5.99. The number of nitrogens with zero attached hydrogens (tertiary/aromatic N) is 1. The largest absolute Gasteiger partial charge is 0.398 e. The Labute approximate surface area is 119 Å². The molecule has 2 rings (SSSR count). The highest BCUT2D eigenvalue weighted by Crippen LogP contribution is 2.24. The minimum absolute atomic E-state index is 0.144. The van der Waals surface area contributed by atoms with E-state index in [-0.39, 0.29) is 16.6 Å². The van der Waals surface area contributed by atoms with Crippen LogP contribution in [0.1, 0.15) is 38.5 Å². The monoisotopic (exact) mass is 298 g/mol. The van der Waals surface area contributed by atoms with Crippen LogP contribution in [0.25, 0.3) is 0 Å². The fourth-order valence-electron chi connectivity index (χ4n) is 2.75. The Kier molecular flexibility index (Phi) is 4.86. The van der Waals surface area contributed by atoms with E-state index in [9.17, 15) is 13.2 Å². The average molecular weight is 298 g/mol. The van der Waals surface area contributed by atoms with E-state index in [1.54, 1.807) is 12.3 Å². The van der Waals surface area contributed by atoms with Gasteiger partial charge in [-0.05, 0) is 25.3 Å². The van der Waals surface area contributed by atoms with Crippen molar-refractivity contribution in [3.8, 4) is 0 Å². The lowest BCUT2D eigenvalue weighted by molar-refractivity contribution is 0.481. The van der Waals surface area contributed by atoms with Gasteiger partial charge in [-0.15, -0.1) is 0 Å². The molecule has 1 aliphatic carbocycles. The Bertz CT molecular complexity index is 601. The average Bonchev–Trinajstić information content (AvgIpc) is 2.43. The summed E-state index contributed by atoms with van der Waals surface area (Å²) in [7, 11) is -3.02. The van der Waals surface area contributed by atoms with Crippen molar-refractivity contribution in [2.75, 3.05) is 11.5 Å². The van der Waals surface area contributed by atoms with E-state index >= 15 is 0 Å². The molecule has 112 valence electrons. The van der Waals surface area contributed by atoms with Gasteiger partial charge in [-0.3, -0.25) is 4.79 Å². The molecule has 0 aliphatic heterocycles. The van der Waals surface area contributed by atoms with Crippen LogP contribution < -0.4 is 11.3 Å². The first-order valence-electron chi connectivity index (χ1n) is 7.16. The van der Waals surface area contributed by atoms with Crippen molar-refractivity contribution in [2.45, 2.75) is 50.3 Å². The zero-order valence-electron chi connectivity index (χ0n) is 11.6. The summed E-state index contributed by atoms with van der Waals surface area (Å²) in [5, 5.41) is -0.172. The minimum Gasteiger partial charge on any atom is -0.398 e. The first-order chi connectivity index (χ1) is 9.49. The van der Waals surface area contributed by atoms with E-state index in [1.807, 2.05) is 0 Å². The van der Waals surface area contributed by atoms with Gasteiger partial charge in [0.15, 0.2) is 9.84 Å². The molecule has 0 amide bonds. The lowest BCUT2D eigenvalue weighted by Gasteiger charge is -2.21. The van der Waals surface area contributed by atoms with E-state index in [4.69, 9.17) is 5.73 Å². The minimum atomic E-state index is -3.02. The third kappa shape index (κ3) is 3.85. The number of sulfone groups is 1. The molecule has 0 atom stereocenters. The van der Waals surface area contributed by atoms with E-state index in [0.29, 0.717) is 18.7 Å². The molecular weight excluding hydrogens is 276 g/mol. The summed E-state index contributed by atoms with van der Waals surface area (Å²) in [6.07, 6.45) is 6.78. The van der Waals surface area contributed by atoms with Crippen LogP contribution >= 0.6 is 0 Å². The molecule has 1 aliphatic rings. The maximum Gasteiger partial charge on any atom is 0.250 e. The van der Waals surface area contributed by atoms with Gasteiger partial charge in [-0.25, -0.2) is 8.42 Å². The summed E-state index contributed by atoms with van der Waals surface area (Å²) in [6.45, 7) is 0.399. The number of aromatic nitrogens is 1. The third-order valence-electron chi connectivity index (χ3n) is 3.89. The quantitative estimate of drug-likeness (QED) is 0.894. The van der Waals surface area contributed by atoms with Crippen LogP contribution in [0.2, 0.25) is 0 Å². The summed E-state index contributed by atoms with van der Waals surface area (Å²) in [4.78, 5) is 11.6. The lowest BCUT2D eigenvalue weighted by Crippen LogP contribution is -2.27. The Balaban J connectivity index is 1.91. The number of nitrogen functional groups attached to an aromatic ring is 1. The van der Waals surface area contributed by atoms with Gasteiger partial charge >= 0.3 is 0 Å². The fourth-order valence-corrected chi connectivity index (χ4v) is 4.67. The molecule has 1 fully saturated rings. The van der Waals surface area contributed by atoms with Crippen molar-refractivity contribution in [1.82, 2.24) is 4.57 Å². The highest BCUT2D eigenvalue weighted by molar-refractivity contribution is 7.92. The van der Waals surface area contributed by atoms with E-state index in [1.165, 1.54) is 10.6 Å². The molecule has 20 heavy (non-hydrogen) atoms. The number of hydrogen-bond donors (Lipinski definition) is 1. The van der Waals surface area contributed by atoms with Crippen LogP contribution in [0.3, 0.4) is 0 Å². The highest BCUT2D eigenvalue weighted by Gasteiger charge is 2.26. The Hall–Kier alpha value is -1.30. The molecule has 0 radical (unpaired) electrons. The lowest BCUT2D eigenvalue weighted by atomic mass is 10.0. The topological polar surface area (TPSA) is 82.2 Å². The van der Waals surface area contributed by atoms with Crippen molar-refractivity contribution in [2.24, 2.45) is 0 Å². The third-order valence-corrected chi connectivity index (χ3v) is 6.24.